The molecule has 1 aliphatic rings. The van der Waals surface area contributed by atoms with Gasteiger partial charge in [0.25, 0.3) is 0 Å². The van der Waals surface area contributed by atoms with Crippen molar-refractivity contribution in [2.45, 2.75) is 19.3 Å². The van der Waals surface area contributed by atoms with Gasteiger partial charge in [-0.05, 0) is 112 Å². The van der Waals surface area contributed by atoms with Gasteiger partial charge < -0.3 is 0 Å². The van der Waals surface area contributed by atoms with Gasteiger partial charge in [0.15, 0.2) is 17.5 Å². The fourth-order valence-corrected chi connectivity index (χ4v) is 9.65. The summed E-state index contributed by atoms with van der Waals surface area (Å²) in [5, 5.41) is 11.8. The summed E-state index contributed by atoms with van der Waals surface area (Å²) in [5.41, 5.74) is 10.6. The van der Waals surface area contributed by atoms with Gasteiger partial charge in [-0.15, -0.1) is 0 Å². The smallest absolute Gasteiger partial charge is 0.164 e. The van der Waals surface area contributed by atoms with Crippen LogP contribution in [0.3, 0.4) is 0 Å². The number of rotatable bonds is 4. The predicted molar refractivity (Wildman–Crippen MR) is 247 cm³/mol. The van der Waals surface area contributed by atoms with Crippen molar-refractivity contribution in [3.8, 4) is 56.4 Å². The average molecular weight is 752 g/mol. The maximum absolute atomic E-state index is 5.32. The van der Waals surface area contributed by atoms with Crippen LogP contribution in [-0.4, -0.2) is 15.0 Å². The van der Waals surface area contributed by atoms with E-state index in [1.807, 2.05) is 0 Å². The van der Waals surface area contributed by atoms with Crippen LogP contribution < -0.4 is 0 Å². The summed E-state index contributed by atoms with van der Waals surface area (Å²) >= 11 is 0. The summed E-state index contributed by atoms with van der Waals surface area (Å²) in [6.45, 7) is 4.68. The van der Waals surface area contributed by atoms with Crippen LogP contribution in [-0.2, 0) is 5.41 Å². The lowest BCUT2D eigenvalue weighted by Crippen LogP contribution is -2.14. The molecule has 1 aromatic heterocycles. The molecule has 10 aromatic carbocycles. The predicted octanol–water partition coefficient (Wildman–Crippen LogP) is 14.6. The van der Waals surface area contributed by atoms with Crippen molar-refractivity contribution in [3.05, 3.63) is 199 Å². The van der Waals surface area contributed by atoms with Crippen molar-refractivity contribution in [1.82, 2.24) is 15.0 Å². The maximum Gasteiger partial charge on any atom is 0.164 e. The lowest BCUT2D eigenvalue weighted by molar-refractivity contribution is 0.660. The minimum Gasteiger partial charge on any atom is -0.208 e. The zero-order chi connectivity index (χ0) is 39.2. The van der Waals surface area contributed by atoms with Crippen molar-refractivity contribution >= 4 is 53.9 Å². The molecule has 0 fully saturated rings. The number of benzene rings is 10. The summed E-state index contributed by atoms with van der Waals surface area (Å²) in [5.74, 6) is 1.94. The van der Waals surface area contributed by atoms with E-state index in [0.29, 0.717) is 17.5 Å². The van der Waals surface area contributed by atoms with E-state index in [4.69, 9.17) is 15.0 Å². The van der Waals surface area contributed by atoms with Gasteiger partial charge >= 0.3 is 0 Å². The number of aromatic nitrogens is 3. The first-order valence-electron chi connectivity index (χ1n) is 20.3. The summed E-state index contributed by atoms with van der Waals surface area (Å²) in [6.07, 6.45) is 0. The number of hydrogen-bond donors (Lipinski definition) is 0. The highest BCUT2D eigenvalue weighted by Crippen LogP contribution is 2.50. The molecule has 0 saturated heterocycles. The fraction of sp³-hybridized carbons (Fsp3) is 0.0536. The number of fused-ring (bicyclic) bond motifs is 10. The van der Waals surface area contributed by atoms with Gasteiger partial charge in [-0.2, -0.15) is 0 Å². The van der Waals surface area contributed by atoms with Crippen molar-refractivity contribution in [1.29, 1.82) is 0 Å². The monoisotopic (exact) mass is 751 g/mol. The van der Waals surface area contributed by atoms with Crippen LogP contribution in [0, 0.1) is 0 Å². The van der Waals surface area contributed by atoms with E-state index in [0.717, 1.165) is 27.5 Å². The molecule has 0 aliphatic heterocycles. The molecule has 0 radical (unpaired) electrons. The van der Waals surface area contributed by atoms with Crippen LogP contribution in [0.5, 0.6) is 0 Å². The summed E-state index contributed by atoms with van der Waals surface area (Å²) in [4.78, 5) is 15.9. The van der Waals surface area contributed by atoms with Gasteiger partial charge in [0.2, 0.25) is 0 Å². The fourth-order valence-electron chi connectivity index (χ4n) is 9.65. The Kier molecular flexibility index (Phi) is 7.27. The van der Waals surface area contributed by atoms with E-state index in [2.05, 4.69) is 202 Å². The molecule has 0 spiro atoms. The van der Waals surface area contributed by atoms with Gasteiger partial charge in [0, 0.05) is 22.1 Å². The minimum atomic E-state index is -0.0839. The quantitative estimate of drug-likeness (QED) is 0.168. The summed E-state index contributed by atoms with van der Waals surface area (Å²) in [6, 6.07) is 68.0. The van der Waals surface area contributed by atoms with E-state index in [1.54, 1.807) is 0 Å². The van der Waals surface area contributed by atoms with Crippen LogP contribution in [0.4, 0.5) is 0 Å². The Morgan fingerprint density at radius 2 is 0.712 bits per heavy atom. The second-order valence-electron chi connectivity index (χ2n) is 16.4. The van der Waals surface area contributed by atoms with E-state index < -0.39 is 0 Å². The highest BCUT2D eigenvalue weighted by atomic mass is 15.0. The van der Waals surface area contributed by atoms with Crippen LogP contribution in [0.2, 0.25) is 0 Å². The van der Waals surface area contributed by atoms with Gasteiger partial charge in [-0.25, -0.2) is 15.0 Å². The molecule has 1 heterocycles. The first-order valence-corrected chi connectivity index (χ1v) is 20.3. The third-order valence-corrected chi connectivity index (χ3v) is 12.7. The molecular formula is C56H37N3. The molecule has 0 atom stereocenters. The second kappa shape index (κ2) is 12.8. The Hall–Kier alpha value is -7.49. The molecule has 0 unspecified atom stereocenters. The largest absolute Gasteiger partial charge is 0.208 e. The lowest BCUT2D eigenvalue weighted by atomic mass is 9.81. The van der Waals surface area contributed by atoms with Crippen LogP contribution in [0.25, 0.3) is 110 Å². The molecule has 12 rings (SSSR count). The van der Waals surface area contributed by atoms with Gasteiger partial charge in [-0.1, -0.05) is 178 Å². The van der Waals surface area contributed by atoms with E-state index in [-0.39, 0.29) is 5.41 Å². The normalized spacial score (nSPS) is 13.1. The van der Waals surface area contributed by atoms with Crippen molar-refractivity contribution in [3.63, 3.8) is 0 Å². The average Bonchev–Trinajstić information content (AvgIpc) is 3.53. The Bertz CT molecular complexity index is 3410. The first kappa shape index (κ1) is 33.6. The van der Waals surface area contributed by atoms with Gasteiger partial charge in [0.1, 0.15) is 0 Å². The molecule has 11 aromatic rings. The molecule has 59 heavy (non-hydrogen) atoms. The molecule has 1 aliphatic carbocycles. The highest BCUT2D eigenvalue weighted by Gasteiger charge is 2.35. The molecule has 0 saturated carbocycles. The summed E-state index contributed by atoms with van der Waals surface area (Å²) < 4.78 is 0. The SMILES string of the molecule is CC1(C)c2ccccc2-c2ccc(-c3ccc(-c4nc(-c5ccc6ccc7ccccc7c6c5)nc(-c5ccc6ccc7ccccc7c6c5)n4)c4ccccc34)cc21. The lowest BCUT2D eigenvalue weighted by Gasteiger charge is -2.22. The van der Waals surface area contributed by atoms with E-state index in [1.165, 1.54) is 76.5 Å². The molecule has 3 nitrogen and oxygen atoms in total. The minimum absolute atomic E-state index is 0.0839. The Balaban J connectivity index is 1.06. The second-order valence-corrected chi connectivity index (χ2v) is 16.4. The molecule has 0 amide bonds. The third kappa shape index (κ3) is 5.25. The van der Waals surface area contributed by atoms with Crippen LogP contribution in [0.1, 0.15) is 25.0 Å². The molecular weight excluding hydrogens is 715 g/mol. The highest BCUT2D eigenvalue weighted by molar-refractivity contribution is 6.10. The third-order valence-electron chi connectivity index (χ3n) is 12.7. The summed E-state index contributed by atoms with van der Waals surface area (Å²) in [7, 11) is 0. The molecule has 3 heteroatoms. The van der Waals surface area contributed by atoms with Crippen molar-refractivity contribution < 1.29 is 0 Å². The molecule has 0 N–H and O–H groups in total. The van der Waals surface area contributed by atoms with Gasteiger partial charge in [0.05, 0.1) is 0 Å². The van der Waals surface area contributed by atoms with Crippen LogP contribution in [0.15, 0.2) is 188 Å². The number of hydrogen-bond acceptors (Lipinski definition) is 3. The molecule has 0 bridgehead atoms. The zero-order valence-corrected chi connectivity index (χ0v) is 32.7. The van der Waals surface area contributed by atoms with E-state index >= 15 is 0 Å². The standard InChI is InChI=1S/C56H37N3/c1-56(2)51-18-10-9-17-46(51)47-28-27-38(33-52(47)56)43-29-30-48(45-16-8-7-15-44(43)45)55-58-53(39-25-23-36-21-19-34-11-3-5-13-41(34)49(36)31-39)57-54(59-55)40-26-24-37-22-20-35-12-4-6-14-42(35)50(37)32-40/h3-33H,1-2H3. The Morgan fingerprint density at radius 1 is 0.288 bits per heavy atom. The van der Waals surface area contributed by atoms with Crippen molar-refractivity contribution in [2.24, 2.45) is 0 Å². The zero-order valence-electron chi connectivity index (χ0n) is 32.7. The van der Waals surface area contributed by atoms with Gasteiger partial charge in [-0.3, -0.25) is 0 Å². The topological polar surface area (TPSA) is 38.7 Å². The van der Waals surface area contributed by atoms with Crippen LogP contribution >= 0.6 is 0 Å². The van der Waals surface area contributed by atoms with Crippen molar-refractivity contribution in [2.75, 3.05) is 0 Å². The molecule has 276 valence electrons. The van der Waals surface area contributed by atoms with E-state index in [9.17, 15) is 0 Å². The number of nitrogens with zero attached hydrogens (tertiary/aromatic N) is 3. The maximum atomic E-state index is 5.32. The first-order chi connectivity index (χ1) is 29.0. The Labute approximate surface area is 342 Å². The Morgan fingerprint density at radius 3 is 1.34 bits per heavy atom.